The van der Waals surface area contributed by atoms with Gasteiger partial charge in [0.05, 0.1) is 6.54 Å². The molecule has 5 rings (SSSR count). The third-order valence-electron chi connectivity index (χ3n) is 7.34. The Morgan fingerprint density at radius 1 is 1.09 bits per heavy atom. The van der Waals surface area contributed by atoms with Crippen LogP contribution in [0.5, 0.6) is 0 Å². The number of para-hydroxylation sites is 1. The average Bonchev–Trinajstić information content (AvgIpc) is 3.45. The summed E-state index contributed by atoms with van der Waals surface area (Å²) in [4.78, 5) is 29.4. The topological polar surface area (TPSA) is 54.3 Å². The van der Waals surface area contributed by atoms with Gasteiger partial charge in [-0.05, 0) is 43.4 Å². The van der Waals surface area contributed by atoms with E-state index in [1.807, 2.05) is 64.9 Å². The molecule has 0 radical (unpaired) electrons. The van der Waals surface area contributed by atoms with E-state index in [4.69, 9.17) is 0 Å². The van der Waals surface area contributed by atoms with Crippen LogP contribution in [0.1, 0.15) is 61.5 Å². The highest BCUT2D eigenvalue weighted by Gasteiger charge is 2.48. The van der Waals surface area contributed by atoms with Gasteiger partial charge in [-0.3, -0.25) is 9.59 Å². The number of fused-ring (bicyclic) bond motifs is 3. The fourth-order valence-electron chi connectivity index (χ4n) is 5.36. The van der Waals surface area contributed by atoms with Crippen molar-refractivity contribution in [1.29, 1.82) is 0 Å². The van der Waals surface area contributed by atoms with Crippen LogP contribution in [0, 0.1) is 0 Å². The molecule has 32 heavy (non-hydrogen) atoms. The summed E-state index contributed by atoms with van der Waals surface area (Å²) in [5.41, 5.74) is 1.89. The Bertz CT molecular complexity index is 1150. The first kappa shape index (κ1) is 20.8. The zero-order valence-corrected chi connectivity index (χ0v) is 18.9. The van der Waals surface area contributed by atoms with E-state index in [2.05, 4.69) is 24.4 Å². The molecule has 1 saturated carbocycles. The van der Waals surface area contributed by atoms with Crippen molar-refractivity contribution in [3.05, 3.63) is 71.9 Å². The van der Waals surface area contributed by atoms with Crippen molar-refractivity contribution >= 4 is 22.7 Å². The van der Waals surface area contributed by atoms with E-state index in [1.165, 1.54) is 5.56 Å². The third kappa shape index (κ3) is 3.50. The molecule has 0 bridgehead atoms. The van der Waals surface area contributed by atoms with Crippen LogP contribution in [0.15, 0.2) is 60.7 Å². The summed E-state index contributed by atoms with van der Waals surface area (Å²) in [6.07, 6.45) is 4.35. The third-order valence-corrected chi connectivity index (χ3v) is 7.34. The van der Waals surface area contributed by atoms with E-state index < -0.39 is 5.54 Å². The fourth-order valence-corrected chi connectivity index (χ4v) is 5.36. The first-order chi connectivity index (χ1) is 15.5. The van der Waals surface area contributed by atoms with Gasteiger partial charge in [-0.25, -0.2) is 0 Å². The van der Waals surface area contributed by atoms with Gasteiger partial charge in [0.15, 0.2) is 0 Å². The molecule has 0 spiro atoms. The van der Waals surface area contributed by atoms with Crippen LogP contribution in [0.4, 0.5) is 0 Å². The first-order valence-corrected chi connectivity index (χ1v) is 11.7. The average molecular weight is 430 g/mol. The van der Waals surface area contributed by atoms with Crippen molar-refractivity contribution in [2.45, 2.75) is 63.6 Å². The molecule has 2 aromatic carbocycles. The van der Waals surface area contributed by atoms with Gasteiger partial charge in [0.25, 0.3) is 5.91 Å². The highest BCUT2D eigenvalue weighted by molar-refractivity contribution is 6.03. The van der Waals surface area contributed by atoms with E-state index in [9.17, 15) is 9.59 Å². The van der Waals surface area contributed by atoms with Crippen LogP contribution in [-0.2, 0) is 11.3 Å². The molecule has 3 aromatic rings. The summed E-state index contributed by atoms with van der Waals surface area (Å²) >= 11 is 0. The van der Waals surface area contributed by atoms with Gasteiger partial charge in [0.1, 0.15) is 11.2 Å². The van der Waals surface area contributed by atoms with E-state index >= 15 is 0 Å². The van der Waals surface area contributed by atoms with E-state index in [-0.39, 0.29) is 23.8 Å². The van der Waals surface area contributed by atoms with Gasteiger partial charge in [0.2, 0.25) is 5.91 Å². The molecule has 1 aromatic heterocycles. The predicted octanol–water partition coefficient (Wildman–Crippen LogP) is 4.72. The number of hydrogen-bond acceptors (Lipinski definition) is 2. The number of amides is 2. The molecule has 1 fully saturated rings. The number of nitrogens with one attached hydrogen (secondary N) is 1. The number of aromatic nitrogens is 1. The quantitative estimate of drug-likeness (QED) is 0.638. The number of carbonyl (C=O) groups excluding carboxylic acids is 2. The van der Waals surface area contributed by atoms with Gasteiger partial charge >= 0.3 is 0 Å². The zero-order chi connectivity index (χ0) is 22.3. The molecule has 5 heteroatoms. The van der Waals surface area contributed by atoms with Crippen LogP contribution in [-0.4, -0.2) is 39.4 Å². The van der Waals surface area contributed by atoms with Gasteiger partial charge in [-0.15, -0.1) is 0 Å². The molecule has 0 saturated heterocycles. The van der Waals surface area contributed by atoms with Crippen molar-refractivity contribution in [2.75, 3.05) is 6.54 Å². The predicted molar refractivity (Wildman–Crippen MR) is 127 cm³/mol. The largest absolute Gasteiger partial charge is 0.351 e. The minimum Gasteiger partial charge on any atom is -0.351 e. The van der Waals surface area contributed by atoms with Gasteiger partial charge in [-0.2, -0.15) is 0 Å². The summed E-state index contributed by atoms with van der Waals surface area (Å²) in [7, 11) is 0. The maximum Gasteiger partial charge on any atom is 0.271 e. The van der Waals surface area contributed by atoms with Gasteiger partial charge in [-0.1, -0.05) is 68.3 Å². The molecular formula is C27H31N3O2. The lowest BCUT2D eigenvalue weighted by Crippen LogP contribution is -2.65. The molecule has 2 unspecified atom stereocenters. The molecule has 1 aliphatic carbocycles. The molecule has 2 heterocycles. The normalized spacial score (nSPS) is 22.2. The highest BCUT2D eigenvalue weighted by atomic mass is 16.2. The van der Waals surface area contributed by atoms with Crippen molar-refractivity contribution in [3.8, 4) is 0 Å². The second-order valence-corrected chi connectivity index (χ2v) is 9.63. The van der Waals surface area contributed by atoms with E-state index in [0.717, 1.165) is 36.6 Å². The monoisotopic (exact) mass is 429 g/mol. The lowest BCUT2D eigenvalue weighted by Gasteiger charge is -2.45. The van der Waals surface area contributed by atoms with Crippen LogP contribution in [0.25, 0.3) is 10.9 Å². The van der Waals surface area contributed by atoms with E-state index in [1.54, 1.807) is 0 Å². The summed E-state index contributed by atoms with van der Waals surface area (Å²) in [6.45, 7) is 5.02. The molecule has 1 N–H and O–H groups in total. The molecule has 5 nitrogen and oxygen atoms in total. The summed E-state index contributed by atoms with van der Waals surface area (Å²) in [5, 5.41) is 4.31. The Kier molecular flexibility index (Phi) is 5.28. The lowest BCUT2D eigenvalue weighted by atomic mass is 9.91. The second-order valence-electron chi connectivity index (χ2n) is 9.63. The second kappa shape index (κ2) is 8.12. The number of rotatable bonds is 5. The van der Waals surface area contributed by atoms with Crippen molar-refractivity contribution in [2.24, 2.45) is 0 Å². The van der Waals surface area contributed by atoms with Crippen LogP contribution in [0.3, 0.4) is 0 Å². The minimum absolute atomic E-state index is 0.0403. The lowest BCUT2D eigenvalue weighted by molar-refractivity contribution is -0.133. The molecule has 166 valence electrons. The van der Waals surface area contributed by atoms with Gasteiger partial charge in [0, 0.05) is 23.5 Å². The first-order valence-electron chi connectivity index (χ1n) is 11.7. The number of nitrogens with zero attached hydrogens (tertiary/aromatic N) is 2. The summed E-state index contributed by atoms with van der Waals surface area (Å²) in [5.74, 6) is 0.00966. The molecule has 2 atom stereocenters. The number of hydrogen-bond donors (Lipinski definition) is 1. The molecule has 1 aliphatic heterocycles. The minimum atomic E-state index is -0.947. The van der Waals surface area contributed by atoms with Crippen LogP contribution < -0.4 is 5.32 Å². The SMILES string of the molecule is CC(CN1C(=O)c2cc3ccccc3n2CC1(C)C(=O)NC1CCCC1)c1ccccc1. The van der Waals surface area contributed by atoms with Gasteiger partial charge < -0.3 is 14.8 Å². The maximum atomic E-state index is 13.8. The van der Waals surface area contributed by atoms with Crippen LogP contribution >= 0.6 is 0 Å². The molecule has 2 amide bonds. The van der Waals surface area contributed by atoms with Crippen LogP contribution in [0.2, 0.25) is 0 Å². The number of benzene rings is 2. The molecular weight excluding hydrogens is 398 g/mol. The Labute approximate surface area is 189 Å². The Balaban J connectivity index is 1.54. The molecule has 2 aliphatic rings. The smallest absolute Gasteiger partial charge is 0.271 e. The number of carbonyl (C=O) groups is 2. The fraction of sp³-hybridized carbons (Fsp3) is 0.407. The van der Waals surface area contributed by atoms with Crippen molar-refractivity contribution in [3.63, 3.8) is 0 Å². The highest BCUT2D eigenvalue weighted by Crippen LogP contribution is 2.34. The summed E-state index contributed by atoms with van der Waals surface area (Å²) < 4.78 is 2.04. The Hall–Kier alpha value is -3.08. The van der Waals surface area contributed by atoms with E-state index in [0.29, 0.717) is 18.8 Å². The van der Waals surface area contributed by atoms with Crippen molar-refractivity contribution < 1.29 is 9.59 Å². The summed E-state index contributed by atoms with van der Waals surface area (Å²) in [6, 6.07) is 20.4. The Morgan fingerprint density at radius 3 is 2.53 bits per heavy atom. The Morgan fingerprint density at radius 2 is 1.78 bits per heavy atom. The standard InChI is InChI=1S/C27H31N3O2/c1-19(20-10-4-3-5-11-20)17-30-25(31)24-16-21-12-6-9-15-23(21)29(24)18-27(30,2)26(32)28-22-13-7-8-14-22/h3-6,9-12,15-16,19,22H,7-8,13-14,17-18H2,1-2H3,(H,28,32). The van der Waals surface area contributed by atoms with Crippen molar-refractivity contribution in [1.82, 2.24) is 14.8 Å². The zero-order valence-electron chi connectivity index (χ0n) is 18.9. The maximum absolute atomic E-state index is 13.8.